The first-order valence-corrected chi connectivity index (χ1v) is 7.64. The summed E-state index contributed by atoms with van der Waals surface area (Å²) in [5.74, 6) is -1.23. The minimum Gasteiger partial charge on any atom is -0.344 e. The van der Waals surface area contributed by atoms with E-state index in [2.05, 4.69) is 5.32 Å². The van der Waals surface area contributed by atoms with Crippen molar-refractivity contribution < 1.29 is 18.4 Å². The molecule has 2 aromatic rings. The van der Waals surface area contributed by atoms with Crippen molar-refractivity contribution in [1.29, 1.82) is 0 Å². The lowest BCUT2D eigenvalue weighted by atomic mass is 10.1. The van der Waals surface area contributed by atoms with Gasteiger partial charge in [-0.05, 0) is 48.4 Å². The van der Waals surface area contributed by atoms with Crippen molar-refractivity contribution in [1.82, 2.24) is 5.32 Å². The van der Waals surface area contributed by atoms with Crippen molar-refractivity contribution in [3.8, 4) is 0 Å². The first-order chi connectivity index (χ1) is 11.5. The van der Waals surface area contributed by atoms with Crippen LogP contribution in [-0.2, 0) is 16.0 Å². The van der Waals surface area contributed by atoms with E-state index in [0.29, 0.717) is 24.2 Å². The molecular weight excluding hydrogens is 314 g/mol. The van der Waals surface area contributed by atoms with E-state index < -0.39 is 6.04 Å². The molecule has 0 aromatic heterocycles. The van der Waals surface area contributed by atoms with Crippen LogP contribution < -0.4 is 10.2 Å². The Bertz CT molecular complexity index is 745. The van der Waals surface area contributed by atoms with Crippen LogP contribution >= 0.6 is 0 Å². The third kappa shape index (κ3) is 3.59. The van der Waals surface area contributed by atoms with Gasteiger partial charge in [0.05, 0.1) is 6.42 Å². The molecule has 24 heavy (non-hydrogen) atoms. The second-order valence-corrected chi connectivity index (χ2v) is 5.68. The van der Waals surface area contributed by atoms with Crippen molar-refractivity contribution >= 4 is 17.5 Å². The van der Waals surface area contributed by atoms with E-state index >= 15 is 0 Å². The number of benzene rings is 2. The fourth-order valence-corrected chi connectivity index (χ4v) is 2.72. The zero-order valence-electron chi connectivity index (χ0n) is 12.8. The van der Waals surface area contributed by atoms with Gasteiger partial charge >= 0.3 is 0 Å². The molecule has 1 atom stereocenters. The molecule has 0 saturated carbocycles. The number of hydrogen-bond acceptors (Lipinski definition) is 2. The molecule has 2 amide bonds. The molecule has 0 aliphatic carbocycles. The Kier molecular flexibility index (Phi) is 4.55. The summed E-state index contributed by atoms with van der Waals surface area (Å²) in [5.41, 5.74) is 1.28. The topological polar surface area (TPSA) is 49.4 Å². The Balaban J connectivity index is 1.60. The highest BCUT2D eigenvalue weighted by molar-refractivity contribution is 6.01. The molecule has 1 unspecified atom stereocenters. The fourth-order valence-electron chi connectivity index (χ4n) is 2.72. The number of anilines is 1. The molecule has 1 aliphatic heterocycles. The number of nitrogens with one attached hydrogen (secondary N) is 1. The highest BCUT2D eigenvalue weighted by atomic mass is 19.1. The van der Waals surface area contributed by atoms with Crippen molar-refractivity contribution in [2.24, 2.45) is 0 Å². The smallest absolute Gasteiger partial charge is 0.249 e. The van der Waals surface area contributed by atoms with Gasteiger partial charge in [-0.25, -0.2) is 8.78 Å². The molecule has 3 rings (SSSR count). The van der Waals surface area contributed by atoms with Crippen LogP contribution in [0.15, 0.2) is 48.5 Å². The van der Waals surface area contributed by atoms with Crippen LogP contribution in [0, 0.1) is 11.6 Å². The molecule has 1 fully saturated rings. The standard InChI is InChI=1S/C18H16F2N2O2/c19-13-3-1-12(2-4-13)11-17(23)21-16-9-10-22(18(16)24)15-7-5-14(20)6-8-15/h1-8,16H,9-11H2,(H,21,23). The van der Waals surface area contributed by atoms with Crippen molar-refractivity contribution in [2.75, 3.05) is 11.4 Å². The van der Waals surface area contributed by atoms with Crippen LogP contribution in [0.4, 0.5) is 14.5 Å². The Hall–Kier alpha value is -2.76. The van der Waals surface area contributed by atoms with E-state index in [1.54, 1.807) is 0 Å². The largest absolute Gasteiger partial charge is 0.344 e. The van der Waals surface area contributed by atoms with E-state index in [-0.39, 0.29) is 29.9 Å². The van der Waals surface area contributed by atoms with Gasteiger partial charge in [0.15, 0.2) is 0 Å². The highest BCUT2D eigenvalue weighted by Crippen LogP contribution is 2.22. The summed E-state index contributed by atoms with van der Waals surface area (Å²) in [5, 5.41) is 2.70. The van der Waals surface area contributed by atoms with Gasteiger partial charge in [0.25, 0.3) is 0 Å². The van der Waals surface area contributed by atoms with Crippen molar-refractivity contribution in [3.05, 3.63) is 65.7 Å². The molecule has 0 spiro atoms. The zero-order chi connectivity index (χ0) is 17.1. The van der Waals surface area contributed by atoms with Gasteiger partial charge in [0.2, 0.25) is 11.8 Å². The lowest BCUT2D eigenvalue weighted by Crippen LogP contribution is -2.42. The van der Waals surface area contributed by atoms with Gasteiger partial charge in [-0.2, -0.15) is 0 Å². The predicted molar refractivity (Wildman–Crippen MR) is 85.4 cm³/mol. The molecule has 1 heterocycles. The Morgan fingerprint density at radius 3 is 2.25 bits per heavy atom. The molecule has 6 heteroatoms. The number of hydrogen-bond donors (Lipinski definition) is 1. The van der Waals surface area contributed by atoms with Gasteiger partial charge in [0.1, 0.15) is 17.7 Å². The zero-order valence-corrected chi connectivity index (χ0v) is 12.8. The van der Waals surface area contributed by atoms with Crippen LogP contribution in [0.25, 0.3) is 0 Å². The minimum atomic E-state index is -0.594. The SMILES string of the molecule is O=C(Cc1ccc(F)cc1)NC1CCN(c2ccc(F)cc2)C1=O. The van der Waals surface area contributed by atoms with Gasteiger partial charge in [-0.15, -0.1) is 0 Å². The number of halogens is 2. The molecule has 0 radical (unpaired) electrons. The molecular formula is C18H16F2N2O2. The molecule has 1 N–H and O–H groups in total. The first kappa shape index (κ1) is 16.1. The van der Waals surface area contributed by atoms with Gasteiger partial charge in [0, 0.05) is 12.2 Å². The fraction of sp³-hybridized carbons (Fsp3) is 0.222. The summed E-state index contributed by atoms with van der Waals surface area (Å²) in [4.78, 5) is 26.0. The lowest BCUT2D eigenvalue weighted by molar-refractivity contribution is -0.126. The Labute approximate surface area is 138 Å². The van der Waals surface area contributed by atoms with Crippen LogP contribution in [0.5, 0.6) is 0 Å². The first-order valence-electron chi connectivity index (χ1n) is 7.64. The summed E-state index contributed by atoms with van der Waals surface area (Å²) < 4.78 is 25.8. The Morgan fingerprint density at radius 2 is 1.62 bits per heavy atom. The van der Waals surface area contributed by atoms with Gasteiger partial charge in [-0.1, -0.05) is 12.1 Å². The molecule has 4 nitrogen and oxygen atoms in total. The van der Waals surface area contributed by atoms with Crippen LogP contribution in [0.1, 0.15) is 12.0 Å². The van der Waals surface area contributed by atoms with E-state index in [1.165, 1.54) is 53.4 Å². The Morgan fingerprint density at radius 1 is 1.04 bits per heavy atom. The number of nitrogens with zero attached hydrogens (tertiary/aromatic N) is 1. The van der Waals surface area contributed by atoms with Crippen LogP contribution in [0.3, 0.4) is 0 Å². The molecule has 1 aliphatic rings. The molecule has 0 bridgehead atoms. The monoisotopic (exact) mass is 330 g/mol. The summed E-state index contributed by atoms with van der Waals surface area (Å²) in [6.45, 7) is 0.464. The van der Waals surface area contributed by atoms with Gasteiger partial charge in [-0.3, -0.25) is 9.59 Å². The molecule has 2 aromatic carbocycles. The van der Waals surface area contributed by atoms with Crippen LogP contribution in [-0.4, -0.2) is 24.4 Å². The maximum Gasteiger partial charge on any atom is 0.249 e. The normalized spacial score (nSPS) is 17.2. The third-order valence-corrected chi connectivity index (χ3v) is 3.96. The van der Waals surface area contributed by atoms with Gasteiger partial charge < -0.3 is 10.2 Å². The summed E-state index contributed by atoms with van der Waals surface area (Å²) in [6, 6.07) is 10.7. The van der Waals surface area contributed by atoms with E-state index in [0.717, 1.165) is 0 Å². The lowest BCUT2D eigenvalue weighted by Gasteiger charge is -2.17. The van der Waals surface area contributed by atoms with E-state index in [4.69, 9.17) is 0 Å². The number of carbonyl (C=O) groups is 2. The minimum absolute atomic E-state index is 0.0839. The van der Waals surface area contributed by atoms with E-state index in [9.17, 15) is 18.4 Å². The highest BCUT2D eigenvalue weighted by Gasteiger charge is 2.33. The third-order valence-electron chi connectivity index (χ3n) is 3.96. The van der Waals surface area contributed by atoms with Crippen molar-refractivity contribution in [2.45, 2.75) is 18.9 Å². The number of carbonyl (C=O) groups excluding carboxylic acids is 2. The maximum atomic E-state index is 13.0. The quantitative estimate of drug-likeness (QED) is 0.936. The summed E-state index contributed by atoms with van der Waals surface area (Å²) in [6.07, 6.45) is 0.575. The molecule has 1 saturated heterocycles. The average molecular weight is 330 g/mol. The average Bonchev–Trinajstić information content (AvgIpc) is 2.91. The number of rotatable bonds is 4. The predicted octanol–water partition coefficient (Wildman–Crippen LogP) is 2.43. The summed E-state index contributed by atoms with van der Waals surface area (Å²) >= 11 is 0. The number of amides is 2. The summed E-state index contributed by atoms with van der Waals surface area (Å²) in [7, 11) is 0. The maximum absolute atomic E-state index is 13.0. The second kappa shape index (κ2) is 6.78. The molecule has 124 valence electrons. The van der Waals surface area contributed by atoms with Crippen molar-refractivity contribution in [3.63, 3.8) is 0 Å². The van der Waals surface area contributed by atoms with E-state index in [1.807, 2.05) is 0 Å². The van der Waals surface area contributed by atoms with Crippen LogP contribution in [0.2, 0.25) is 0 Å². The second-order valence-electron chi connectivity index (χ2n) is 5.68.